The molecule has 4 rings (SSSR count). The van der Waals surface area contributed by atoms with Crippen LogP contribution in [-0.4, -0.2) is 46.5 Å². The Morgan fingerprint density at radius 2 is 1.88 bits per heavy atom. The monoisotopic (exact) mass is 471 g/mol. The maximum absolute atomic E-state index is 12.5. The maximum Gasteiger partial charge on any atom is 0.242 e. The zero-order valence-corrected chi connectivity index (χ0v) is 19.9. The van der Waals surface area contributed by atoms with Crippen LogP contribution in [-0.2, 0) is 22.3 Å². The Hall–Kier alpha value is -2.69. The summed E-state index contributed by atoms with van der Waals surface area (Å²) in [5.41, 5.74) is 2.47. The molecule has 0 amide bonds. The largest absolute Gasteiger partial charge is 0.338 e. The SMILES string of the molecule is CCCCn1c(SCc2nc(-c3ccccc3)no2)nc2cc(S(=O)(=O)N(C)C)ccc21. The van der Waals surface area contributed by atoms with Crippen LogP contribution in [0, 0.1) is 0 Å². The van der Waals surface area contributed by atoms with E-state index in [1.807, 2.05) is 36.4 Å². The smallest absolute Gasteiger partial charge is 0.242 e. The minimum absolute atomic E-state index is 0.232. The van der Waals surface area contributed by atoms with Gasteiger partial charge in [-0.3, -0.25) is 0 Å². The summed E-state index contributed by atoms with van der Waals surface area (Å²) in [6, 6.07) is 14.8. The van der Waals surface area contributed by atoms with Crippen molar-refractivity contribution in [2.75, 3.05) is 14.1 Å². The number of aryl methyl sites for hydroxylation is 1. The number of imidazole rings is 1. The number of benzene rings is 2. The van der Waals surface area contributed by atoms with Crippen LogP contribution in [0.2, 0.25) is 0 Å². The molecule has 0 unspecified atom stereocenters. The molecule has 2 heterocycles. The van der Waals surface area contributed by atoms with Crippen molar-refractivity contribution in [2.45, 2.75) is 42.1 Å². The summed E-state index contributed by atoms with van der Waals surface area (Å²) in [4.78, 5) is 9.45. The van der Waals surface area contributed by atoms with Crippen molar-refractivity contribution in [1.29, 1.82) is 0 Å². The van der Waals surface area contributed by atoms with Crippen LogP contribution in [0.15, 0.2) is 63.1 Å². The normalized spacial score (nSPS) is 12.1. The summed E-state index contributed by atoms with van der Waals surface area (Å²) in [7, 11) is -0.479. The summed E-state index contributed by atoms with van der Waals surface area (Å²) in [5, 5.41) is 4.87. The highest BCUT2D eigenvalue weighted by Gasteiger charge is 2.20. The molecule has 0 aliphatic heterocycles. The molecule has 0 saturated heterocycles. The van der Waals surface area contributed by atoms with Gasteiger partial charge in [-0.05, 0) is 24.6 Å². The van der Waals surface area contributed by atoms with Gasteiger partial charge in [-0.2, -0.15) is 4.98 Å². The van der Waals surface area contributed by atoms with Gasteiger partial charge in [0, 0.05) is 26.2 Å². The Labute approximate surface area is 191 Å². The van der Waals surface area contributed by atoms with Gasteiger partial charge in [-0.15, -0.1) is 0 Å². The highest BCUT2D eigenvalue weighted by molar-refractivity contribution is 7.98. The van der Waals surface area contributed by atoms with E-state index in [9.17, 15) is 8.42 Å². The fraction of sp³-hybridized carbons (Fsp3) is 0.318. The molecule has 2 aromatic heterocycles. The molecule has 168 valence electrons. The van der Waals surface area contributed by atoms with Gasteiger partial charge in [0.2, 0.25) is 21.7 Å². The Balaban J connectivity index is 1.61. The van der Waals surface area contributed by atoms with E-state index in [-0.39, 0.29) is 4.90 Å². The number of thioether (sulfide) groups is 1. The second-order valence-corrected chi connectivity index (χ2v) is 10.6. The molecular formula is C22H25N5O3S2. The molecule has 0 N–H and O–H groups in total. The van der Waals surface area contributed by atoms with Crippen LogP contribution in [0.3, 0.4) is 0 Å². The highest BCUT2D eigenvalue weighted by atomic mass is 32.2. The molecule has 0 spiro atoms. The predicted octanol–water partition coefficient (Wildman–Crippen LogP) is 4.43. The minimum atomic E-state index is -3.52. The topological polar surface area (TPSA) is 94.1 Å². The van der Waals surface area contributed by atoms with Crippen LogP contribution in [0.25, 0.3) is 22.4 Å². The standard InChI is InChI=1S/C22H25N5O3S2/c1-4-5-13-27-19-12-11-17(32(28,29)26(2)3)14-18(19)23-22(27)31-15-20-24-21(25-30-20)16-9-7-6-8-10-16/h6-12,14H,4-5,13,15H2,1-3H3. The van der Waals surface area contributed by atoms with Gasteiger partial charge < -0.3 is 9.09 Å². The third-order valence-electron chi connectivity index (χ3n) is 5.02. The summed E-state index contributed by atoms with van der Waals surface area (Å²) in [5.74, 6) is 1.54. The lowest BCUT2D eigenvalue weighted by molar-refractivity contribution is 0.391. The number of rotatable bonds is 9. The first-order chi connectivity index (χ1) is 15.4. The van der Waals surface area contributed by atoms with Gasteiger partial charge in [0.1, 0.15) is 0 Å². The number of fused-ring (bicyclic) bond motifs is 1. The number of hydrogen-bond donors (Lipinski definition) is 0. The summed E-state index contributed by atoms with van der Waals surface area (Å²) in [6.45, 7) is 2.94. The van der Waals surface area contributed by atoms with Crippen LogP contribution in [0.4, 0.5) is 0 Å². The van der Waals surface area contributed by atoms with Gasteiger partial charge in [0.25, 0.3) is 0 Å². The summed E-state index contributed by atoms with van der Waals surface area (Å²) >= 11 is 1.50. The molecule has 0 radical (unpaired) electrons. The number of aromatic nitrogens is 4. The van der Waals surface area contributed by atoms with E-state index < -0.39 is 10.0 Å². The van der Waals surface area contributed by atoms with E-state index in [0.717, 1.165) is 35.6 Å². The Morgan fingerprint density at radius 1 is 1.09 bits per heavy atom. The second kappa shape index (κ2) is 9.43. The Bertz CT molecular complexity index is 1310. The zero-order valence-electron chi connectivity index (χ0n) is 18.2. The zero-order chi connectivity index (χ0) is 22.7. The first-order valence-electron chi connectivity index (χ1n) is 10.3. The number of hydrogen-bond acceptors (Lipinski definition) is 7. The van der Waals surface area contributed by atoms with Crippen molar-refractivity contribution < 1.29 is 12.9 Å². The third-order valence-corrected chi connectivity index (χ3v) is 7.80. The summed E-state index contributed by atoms with van der Waals surface area (Å²) < 4.78 is 33.8. The molecule has 0 aliphatic carbocycles. The van der Waals surface area contributed by atoms with Gasteiger partial charge in [-0.25, -0.2) is 17.7 Å². The van der Waals surface area contributed by atoms with Gasteiger partial charge in [-0.1, -0.05) is 60.6 Å². The number of sulfonamides is 1. The summed E-state index contributed by atoms with van der Waals surface area (Å²) in [6.07, 6.45) is 2.04. The average molecular weight is 472 g/mol. The maximum atomic E-state index is 12.5. The van der Waals surface area contributed by atoms with Crippen molar-refractivity contribution in [3.05, 3.63) is 54.4 Å². The van der Waals surface area contributed by atoms with Crippen LogP contribution >= 0.6 is 11.8 Å². The number of nitrogens with zero attached hydrogens (tertiary/aromatic N) is 5. The molecule has 0 fully saturated rings. The lowest BCUT2D eigenvalue weighted by Gasteiger charge is -2.11. The van der Waals surface area contributed by atoms with Gasteiger partial charge in [0.15, 0.2) is 5.16 Å². The van der Waals surface area contributed by atoms with E-state index in [1.165, 1.54) is 30.2 Å². The average Bonchev–Trinajstić information content (AvgIpc) is 3.40. The molecule has 0 saturated carbocycles. The second-order valence-electron chi connectivity index (χ2n) is 7.50. The first kappa shape index (κ1) is 22.5. The molecule has 10 heteroatoms. The van der Waals surface area contributed by atoms with E-state index in [2.05, 4.69) is 21.6 Å². The molecule has 4 aromatic rings. The number of unbranched alkanes of at least 4 members (excludes halogenated alkanes) is 1. The molecular weight excluding hydrogens is 446 g/mol. The third kappa shape index (κ3) is 4.57. The van der Waals surface area contributed by atoms with Gasteiger partial charge in [0.05, 0.1) is 21.7 Å². The van der Waals surface area contributed by atoms with E-state index in [1.54, 1.807) is 12.1 Å². The lowest BCUT2D eigenvalue weighted by atomic mass is 10.2. The van der Waals surface area contributed by atoms with E-state index >= 15 is 0 Å². The molecule has 0 atom stereocenters. The van der Waals surface area contributed by atoms with Crippen molar-refractivity contribution in [2.24, 2.45) is 0 Å². The van der Waals surface area contributed by atoms with Crippen molar-refractivity contribution in [3.63, 3.8) is 0 Å². The van der Waals surface area contributed by atoms with E-state index in [0.29, 0.717) is 23.0 Å². The van der Waals surface area contributed by atoms with E-state index in [4.69, 9.17) is 9.51 Å². The highest BCUT2D eigenvalue weighted by Crippen LogP contribution is 2.29. The van der Waals surface area contributed by atoms with Crippen LogP contribution < -0.4 is 0 Å². The molecule has 8 nitrogen and oxygen atoms in total. The predicted molar refractivity (Wildman–Crippen MR) is 125 cm³/mol. The molecule has 2 aromatic carbocycles. The fourth-order valence-electron chi connectivity index (χ4n) is 3.25. The van der Waals surface area contributed by atoms with Crippen molar-refractivity contribution in [1.82, 2.24) is 24.0 Å². The van der Waals surface area contributed by atoms with Crippen molar-refractivity contribution in [3.8, 4) is 11.4 Å². The fourth-order valence-corrected chi connectivity index (χ4v) is 5.05. The lowest BCUT2D eigenvalue weighted by Crippen LogP contribution is -2.22. The quantitative estimate of drug-likeness (QED) is 0.333. The van der Waals surface area contributed by atoms with Gasteiger partial charge >= 0.3 is 0 Å². The van der Waals surface area contributed by atoms with Crippen molar-refractivity contribution >= 4 is 32.8 Å². The Kier molecular flexibility index (Phi) is 6.63. The molecule has 32 heavy (non-hydrogen) atoms. The Morgan fingerprint density at radius 3 is 2.59 bits per heavy atom. The van der Waals surface area contributed by atoms with Crippen LogP contribution in [0.1, 0.15) is 25.7 Å². The minimum Gasteiger partial charge on any atom is -0.338 e. The molecule has 0 aliphatic rings. The molecule has 0 bridgehead atoms. The first-order valence-corrected chi connectivity index (χ1v) is 12.8. The van der Waals surface area contributed by atoms with Crippen LogP contribution in [0.5, 0.6) is 0 Å².